The van der Waals surface area contributed by atoms with Crippen molar-refractivity contribution >= 4 is 0 Å². The molecule has 0 radical (unpaired) electrons. The molecule has 0 saturated carbocycles. The van der Waals surface area contributed by atoms with Crippen molar-refractivity contribution in [2.75, 3.05) is 0 Å². The smallest absolute Gasteiger partial charge is 0.329 e. The minimum Gasteiger partial charge on any atom is -0.508 e. The molecule has 0 unspecified atom stereocenters. The standard InChI is InChI=1S/C24H20N2O3/c1-17-16-26(23(29)25-22(17)28)24(18-8-4-2-5-9-18,19-10-6-3-7-11-19)20-12-14-21(27)15-13-20/h2-16,27H,1H3,(H,25,28,29). The van der Waals surface area contributed by atoms with Gasteiger partial charge in [-0.2, -0.15) is 0 Å². The van der Waals surface area contributed by atoms with E-state index in [0.717, 1.165) is 16.7 Å². The highest BCUT2D eigenvalue weighted by molar-refractivity contribution is 5.51. The van der Waals surface area contributed by atoms with Crippen LogP contribution in [-0.4, -0.2) is 14.7 Å². The van der Waals surface area contributed by atoms with Gasteiger partial charge in [0.15, 0.2) is 0 Å². The average molecular weight is 384 g/mol. The maximum Gasteiger partial charge on any atom is 0.329 e. The molecule has 0 spiro atoms. The van der Waals surface area contributed by atoms with Crippen LogP contribution in [0.25, 0.3) is 0 Å². The van der Waals surface area contributed by atoms with Gasteiger partial charge in [-0.15, -0.1) is 0 Å². The number of hydrogen-bond acceptors (Lipinski definition) is 3. The van der Waals surface area contributed by atoms with Crippen molar-refractivity contribution in [1.82, 2.24) is 9.55 Å². The summed E-state index contributed by atoms with van der Waals surface area (Å²) in [5.74, 6) is 0.133. The van der Waals surface area contributed by atoms with Crippen LogP contribution >= 0.6 is 0 Å². The highest BCUT2D eigenvalue weighted by Gasteiger charge is 2.39. The minimum absolute atomic E-state index is 0.133. The summed E-state index contributed by atoms with van der Waals surface area (Å²) in [6, 6.07) is 26.1. The monoisotopic (exact) mass is 384 g/mol. The predicted octanol–water partition coefficient (Wildman–Crippen LogP) is 3.39. The Morgan fingerprint density at radius 3 is 1.76 bits per heavy atom. The number of phenolic OH excluding ortho intramolecular Hbond substituents is 1. The number of nitrogens with one attached hydrogen (secondary N) is 1. The zero-order valence-electron chi connectivity index (χ0n) is 15.9. The van der Waals surface area contributed by atoms with Crippen LogP contribution in [0.2, 0.25) is 0 Å². The zero-order valence-corrected chi connectivity index (χ0v) is 15.9. The minimum atomic E-state index is -1.04. The van der Waals surface area contributed by atoms with Crippen LogP contribution < -0.4 is 11.2 Å². The highest BCUT2D eigenvalue weighted by atomic mass is 16.3. The largest absolute Gasteiger partial charge is 0.508 e. The molecular weight excluding hydrogens is 364 g/mol. The lowest BCUT2D eigenvalue weighted by Crippen LogP contribution is -2.46. The van der Waals surface area contributed by atoms with E-state index in [1.54, 1.807) is 42.0 Å². The fourth-order valence-electron chi connectivity index (χ4n) is 3.79. The Hall–Kier alpha value is -3.86. The lowest BCUT2D eigenvalue weighted by Gasteiger charge is -2.37. The first-order valence-electron chi connectivity index (χ1n) is 9.27. The molecule has 0 saturated heterocycles. The van der Waals surface area contributed by atoms with E-state index in [2.05, 4.69) is 4.98 Å². The number of phenols is 1. The summed E-state index contributed by atoms with van der Waals surface area (Å²) in [4.78, 5) is 27.6. The van der Waals surface area contributed by atoms with Crippen molar-refractivity contribution in [1.29, 1.82) is 0 Å². The third-order valence-corrected chi connectivity index (χ3v) is 5.15. The van der Waals surface area contributed by atoms with E-state index in [-0.39, 0.29) is 5.75 Å². The Kier molecular flexibility index (Phi) is 4.64. The summed E-state index contributed by atoms with van der Waals surface area (Å²) in [6.45, 7) is 1.67. The molecule has 29 heavy (non-hydrogen) atoms. The third-order valence-electron chi connectivity index (χ3n) is 5.15. The molecule has 4 aromatic rings. The topological polar surface area (TPSA) is 75.1 Å². The molecular formula is C24H20N2O3. The highest BCUT2D eigenvalue weighted by Crippen LogP contribution is 2.40. The summed E-state index contributed by atoms with van der Waals surface area (Å²) in [5, 5.41) is 9.85. The van der Waals surface area contributed by atoms with Crippen LogP contribution in [0.5, 0.6) is 5.75 Å². The Labute approximate surface area is 167 Å². The Balaban J connectivity index is 2.21. The van der Waals surface area contributed by atoms with Crippen molar-refractivity contribution in [3.63, 3.8) is 0 Å². The fourth-order valence-corrected chi connectivity index (χ4v) is 3.79. The summed E-state index contributed by atoms with van der Waals surface area (Å²) < 4.78 is 1.56. The van der Waals surface area contributed by atoms with Gasteiger partial charge in [-0.1, -0.05) is 72.8 Å². The van der Waals surface area contributed by atoms with Crippen LogP contribution in [0.4, 0.5) is 0 Å². The fraction of sp³-hybridized carbons (Fsp3) is 0.0833. The van der Waals surface area contributed by atoms with E-state index in [0.29, 0.717) is 5.56 Å². The van der Waals surface area contributed by atoms with E-state index in [1.807, 2.05) is 60.7 Å². The van der Waals surface area contributed by atoms with E-state index in [4.69, 9.17) is 0 Å². The number of rotatable bonds is 4. The number of aromatic amines is 1. The number of nitrogens with zero attached hydrogens (tertiary/aromatic N) is 1. The van der Waals surface area contributed by atoms with Crippen molar-refractivity contribution in [2.24, 2.45) is 0 Å². The van der Waals surface area contributed by atoms with Crippen LogP contribution in [-0.2, 0) is 5.54 Å². The molecule has 1 heterocycles. The molecule has 5 heteroatoms. The number of hydrogen-bond donors (Lipinski definition) is 2. The van der Waals surface area contributed by atoms with Gasteiger partial charge >= 0.3 is 5.69 Å². The molecule has 0 fully saturated rings. The van der Waals surface area contributed by atoms with Gasteiger partial charge in [0.1, 0.15) is 11.3 Å². The molecule has 4 rings (SSSR count). The van der Waals surface area contributed by atoms with Crippen LogP contribution in [0.1, 0.15) is 22.3 Å². The summed E-state index contributed by atoms with van der Waals surface area (Å²) in [6.07, 6.45) is 1.59. The van der Waals surface area contributed by atoms with Crippen LogP contribution in [0, 0.1) is 6.92 Å². The third kappa shape index (κ3) is 3.06. The zero-order chi connectivity index (χ0) is 20.4. The average Bonchev–Trinajstić information content (AvgIpc) is 2.75. The second-order valence-corrected chi connectivity index (χ2v) is 6.93. The molecule has 0 amide bonds. The van der Waals surface area contributed by atoms with Crippen molar-refractivity contribution < 1.29 is 5.11 Å². The van der Waals surface area contributed by atoms with E-state index >= 15 is 0 Å². The first kappa shape index (κ1) is 18.5. The number of aromatic hydroxyl groups is 1. The van der Waals surface area contributed by atoms with E-state index in [1.165, 1.54) is 0 Å². The SMILES string of the molecule is Cc1cn(C(c2ccccc2)(c2ccccc2)c2ccc(O)cc2)c(=O)[nH]c1=O. The lowest BCUT2D eigenvalue weighted by atomic mass is 9.76. The molecule has 3 aromatic carbocycles. The summed E-state index contributed by atoms with van der Waals surface area (Å²) >= 11 is 0. The molecule has 0 bridgehead atoms. The molecule has 144 valence electrons. The van der Waals surface area contributed by atoms with E-state index in [9.17, 15) is 14.7 Å². The number of benzene rings is 3. The maximum atomic E-state index is 13.1. The summed E-state index contributed by atoms with van der Waals surface area (Å²) in [5.41, 5.74) is 0.951. The Bertz CT molecular complexity index is 1200. The quantitative estimate of drug-likeness (QED) is 0.530. The normalized spacial score (nSPS) is 11.3. The molecule has 0 aliphatic heterocycles. The van der Waals surface area contributed by atoms with Gasteiger partial charge < -0.3 is 5.11 Å². The van der Waals surface area contributed by atoms with Gasteiger partial charge in [0.2, 0.25) is 0 Å². The van der Waals surface area contributed by atoms with Gasteiger partial charge in [-0.05, 0) is 35.7 Å². The first-order valence-corrected chi connectivity index (χ1v) is 9.27. The molecule has 2 N–H and O–H groups in total. The van der Waals surface area contributed by atoms with Gasteiger partial charge in [0, 0.05) is 11.8 Å². The molecule has 1 aromatic heterocycles. The van der Waals surface area contributed by atoms with Crippen molar-refractivity contribution in [2.45, 2.75) is 12.5 Å². The second-order valence-electron chi connectivity index (χ2n) is 6.93. The maximum absolute atomic E-state index is 13.1. The number of aryl methyl sites for hydroxylation is 1. The van der Waals surface area contributed by atoms with Crippen molar-refractivity contribution in [3.05, 3.63) is 134 Å². The number of aromatic nitrogens is 2. The van der Waals surface area contributed by atoms with Crippen LogP contribution in [0.15, 0.2) is 101 Å². The van der Waals surface area contributed by atoms with E-state index < -0.39 is 16.8 Å². The van der Waals surface area contributed by atoms with Gasteiger partial charge in [-0.25, -0.2) is 4.79 Å². The molecule has 5 nitrogen and oxygen atoms in total. The molecule has 0 aliphatic carbocycles. The molecule has 0 aliphatic rings. The second kappa shape index (κ2) is 7.28. The number of H-pyrrole nitrogens is 1. The van der Waals surface area contributed by atoms with Gasteiger partial charge in [-0.3, -0.25) is 14.3 Å². The first-order chi connectivity index (χ1) is 14.0. The lowest BCUT2D eigenvalue weighted by molar-refractivity contribution is 0.468. The molecule has 0 atom stereocenters. The Morgan fingerprint density at radius 2 is 1.24 bits per heavy atom. The Morgan fingerprint density at radius 1 is 0.759 bits per heavy atom. The summed E-state index contributed by atoms with van der Waals surface area (Å²) in [7, 11) is 0. The van der Waals surface area contributed by atoms with Crippen LogP contribution in [0.3, 0.4) is 0 Å². The van der Waals surface area contributed by atoms with Gasteiger partial charge in [0.25, 0.3) is 5.56 Å². The predicted molar refractivity (Wildman–Crippen MR) is 112 cm³/mol. The van der Waals surface area contributed by atoms with Gasteiger partial charge in [0.05, 0.1) is 0 Å². The van der Waals surface area contributed by atoms with Crippen molar-refractivity contribution in [3.8, 4) is 5.75 Å².